The van der Waals surface area contributed by atoms with E-state index in [1.165, 1.54) is 16.2 Å². The number of halogens is 3. The van der Waals surface area contributed by atoms with Crippen LogP contribution in [0, 0.1) is 17.6 Å². The standard InChI is InChI=1S/C21H20F3N5O3S/c22-10-5-11(10)29-7-9(21(31)32)19(30)12-16(26)13(23)18(14(24)17(12)29)28-3-1-8(6-28)15(25)20-27-2-4-33-20/h2,4,7-8,10-11,15H,1,3,5-6,25-26H2,(H,31,32)/t8-,10+,11-,15?/m1/s1. The molecule has 2 fully saturated rings. The number of nitrogens with two attached hydrogens (primary N) is 2. The van der Waals surface area contributed by atoms with Gasteiger partial charge in [0.25, 0.3) is 0 Å². The minimum atomic E-state index is -1.59. The summed E-state index contributed by atoms with van der Waals surface area (Å²) in [5.41, 5.74) is 8.90. The summed E-state index contributed by atoms with van der Waals surface area (Å²) in [7, 11) is 0. The highest BCUT2D eigenvalue weighted by Gasteiger charge is 2.42. The molecule has 0 spiro atoms. The Kier molecular flexibility index (Phi) is 5.09. The molecule has 5 N–H and O–H groups in total. The Morgan fingerprint density at radius 3 is 2.67 bits per heavy atom. The van der Waals surface area contributed by atoms with Gasteiger partial charge in [0.15, 0.2) is 11.6 Å². The first kappa shape index (κ1) is 21.7. The number of rotatable bonds is 5. The summed E-state index contributed by atoms with van der Waals surface area (Å²) in [5, 5.41) is 11.3. The van der Waals surface area contributed by atoms with Gasteiger partial charge in [0, 0.05) is 37.3 Å². The highest BCUT2D eigenvalue weighted by Crippen LogP contribution is 2.44. The third-order valence-corrected chi connectivity index (χ3v) is 7.30. The number of aromatic nitrogens is 2. The van der Waals surface area contributed by atoms with E-state index in [0.29, 0.717) is 6.42 Å². The Morgan fingerprint density at radius 2 is 2.06 bits per heavy atom. The van der Waals surface area contributed by atoms with Crippen molar-refractivity contribution in [1.82, 2.24) is 9.55 Å². The Bertz CT molecular complexity index is 1330. The van der Waals surface area contributed by atoms with Crippen LogP contribution in [0.15, 0.2) is 22.6 Å². The first-order chi connectivity index (χ1) is 15.7. The zero-order valence-electron chi connectivity index (χ0n) is 17.2. The number of nitrogens with zero attached hydrogens (tertiary/aromatic N) is 3. The third kappa shape index (κ3) is 3.35. The molecule has 1 unspecified atom stereocenters. The summed E-state index contributed by atoms with van der Waals surface area (Å²) in [5.74, 6) is -3.94. The lowest BCUT2D eigenvalue weighted by atomic mass is 10.0. The minimum Gasteiger partial charge on any atom is -0.477 e. The maximum Gasteiger partial charge on any atom is 0.341 e. The number of nitrogen functional groups attached to an aromatic ring is 1. The predicted molar refractivity (Wildman–Crippen MR) is 117 cm³/mol. The first-order valence-electron chi connectivity index (χ1n) is 10.3. The van der Waals surface area contributed by atoms with Crippen molar-refractivity contribution in [1.29, 1.82) is 0 Å². The summed E-state index contributed by atoms with van der Waals surface area (Å²) in [6.07, 6.45) is 1.79. The lowest BCUT2D eigenvalue weighted by molar-refractivity contribution is 0.0694. The van der Waals surface area contributed by atoms with Gasteiger partial charge in [0.05, 0.1) is 28.7 Å². The molecule has 0 bridgehead atoms. The Labute approximate surface area is 189 Å². The number of pyridine rings is 1. The van der Waals surface area contributed by atoms with Gasteiger partial charge in [-0.25, -0.2) is 22.9 Å². The van der Waals surface area contributed by atoms with Gasteiger partial charge in [-0.05, 0) is 12.3 Å². The van der Waals surface area contributed by atoms with Gasteiger partial charge in [0.2, 0.25) is 5.43 Å². The van der Waals surface area contributed by atoms with Crippen molar-refractivity contribution < 1.29 is 23.1 Å². The van der Waals surface area contributed by atoms with E-state index >= 15 is 8.78 Å². The molecule has 0 radical (unpaired) electrons. The molecule has 3 heterocycles. The molecule has 12 heteroatoms. The molecule has 4 atom stereocenters. The summed E-state index contributed by atoms with van der Waals surface area (Å²) < 4.78 is 46.2. The fourth-order valence-corrected chi connectivity index (χ4v) is 5.30. The molecule has 2 aromatic heterocycles. The number of fused-ring (bicyclic) bond motifs is 1. The van der Waals surface area contributed by atoms with Gasteiger partial charge in [-0.15, -0.1) is 11.3 Å². The highest BCUT2D eigenvalue weighted by molar-refractivity contribution is 7.09. The number of hydrogen-bond donors (Lipinski definition) is 3. The molecule has 1 saturated carbocycles. The SMILES string of the molecule is Nc1c(F)c(N2CC[C@@H](C(N)c3nccs3)C2)c(F)c2c1c(=O)c(C(=O)O)cn2[C@@H]1C[C@@H]1F. The van der Waals surface area contributed by atoms with Gasteiger partial charge in [-0.2, -0.15) is 0 Å². The van der Waals surface area contributed by atoms with E-state index in [1.54, 1.807) is 11.6 Å². The van der Waals surface area contributed by atoms with Gasteiger partial charge in [-0.1, -0.05) is 0 Å². The van der Waals surface area contributed by atoms with Crippen LogP contribution in [0.2, 0.25) is 0 Å². The molecule has 8 nitrogen and oxygen atoms in total. The summed E-state index contributed by atoms with van der Waals surface area (Å²) >= 11 is 1.40. The van der Waals surface area contributed by atoms with E-state index in [-0.39, 0.29) is 25.4 Å². The van der Waals surface area contributed by atoms with Crippen molar-refractivity contribution >= 4 is 39.6 Å². The quantitative estimate of drug-likeness (QED) is 0.480. The van der Waals surface area contributed by atoms with Crippen molar-refractivity contribution in [2.24, 2.45) is 11.7 Å². The number of thiazole rings is 1. The maximum atomic E-state index is 15.8. The van der Waals surface area contributed by atoms with E-state index in [2.05, 4.69) is 4.98 Å². The van der Waals surface area contributed by atoms with Crippen LogP contribution in [-0.2, 0) is 0 Å². The number of carboxylic acids is 1. The smallest absolute Gasteiger partial charge is 0.341 e. The van der Waals surface area contributed by atoms with Crippen molar-refractivity contribution in [3.63, 3.8) is 0 Å². The minimum absolute atomic E-state index is 0.0253. The first-order valence-corrected chi connectivity index (χ1v) is 11.2. The van der Waals surface area contributed by atoms with Crippen LogP contribution >= 0.6 is 11.3 Å². The summed E-state index contributed by atoms with van der Waals surface area (Å²) in [6, 6.07) is -1.27. The fourth-order valence-electron chi connectivity index (χ4n) is 4.57. The lowest BCUT2D eigenvalue weighted by Gasteiger charge is -2.24. The van der Waals surface area contributed by atoms with E-state index in [1.807, 2.05) is 0 Å². The topological polar surface area (TPSA) is 127 Å². The van der Waals surface area contributed by atoms with Gasteiger partial charge in [-0.3, -0.25) is 4.79 Å². The Morgan fingerprint density at radius 1 is 1.33 bits per heavy atom. The molecule has 3 aromatic rings. The molecular formula is C21H20F3N5O3S. The molecule has 1 aliphatic heterocycles. The second-order valence-electron chi connectivity index (χ2n) is 8.41. The molecule has 33 heavy (non-hydrogen) atoms. The molecule has 1 saturated heterocycles. The molecule has 0 amide bonds. The van der Waals surface area contributed by atoms with Crippen LogP contribution in [0.4, 0.5) is 24.5 Å². The Balaban J connectivity index is 1.65. The molecule has 5 rings (SSSR count). The third-order valence-electron chi connectivity index (χ3n) is 6.42. The van der Waals surface area contributed by atoms with Crippen LogP contribution in [0.25, 0.3) is 10.9 Å². The number of anilines is 2. The van der Waals surface area contributed by atoms with Crippen LogP contribution in [0.5, 0.6) is 0 Å². The lowest BCUT2D eigenvalue weighted by Crippen LogP contribution is -2.28. The molecule has 1 aromatic carbocycles. The van der Waals surface area contributed by atoms with E-state index in [4.69, 9.17) is 11.5 Å². The monoisotopic (exact) mass is 479 g/mol. The fraction of sp³-hybridized carbons (Fsp3) is 0.381. The number of carbonyl (C=O) groups is 1. The number of alkyl halides is 1. The second-order valence-corrected chi connectivity index (χ2v) is 9.33. The summed E-state index contributed by atoms with van der Waals surface area (Å²) in [6.45, 7) is 0.515. The van der Waals surface area contributed by atoms with E-state index < -0.39 is 69.1 Å². The average molecular weight is 479 g/mol. The zero-order valence-corrected chi connectivity index (χ0v) is 18.0. The largest absolute Gasteiger partial charge is 0.477 e. The number of hydrogen-bond acceptors (Lipinski definition) is 7. The van der Waals surface area contributed by atoms with E-state index in [0.717, 1.165) is 15.8 Å². The summed E-state index contributed by atoms with van der Waals surface area (Å²) in [4.78, 5) is 30.0. The number of carboxylic acid groups (broad SMARTS) is 1. The molecule has 2 aliphatic rings. The molecule has 174 valence electrons. The predicted octanol–water partition coefficient (Wildman–Crippen LogP) is 2.83. The average Bonchev–Trinajstić information content (AvgIpc) is 3.17. The second kappa shape index (κ2) is 7.73. The zero-order chi connectivity index (χ0) is 23.6. The van der Waals surface area contributed by atoms with Gasteiger partial charge >= 0.3 is 5.97 Å². The van der Waals surface area contributed by atoms with Crippen molar-refractivity contribution in [3.05, 3.63) is 50.2 Å². The van der Waals surface area contributed by atoms with Crippen LogP contribution in [-0.4, -0.2) is 39.9 Å². The van der Waals surface area contributed by atoms with Crippen molar-refractivity contribution in [3.8, 4) is 0 Å². The van der Waals surface area contributed by atoms with Crippen LogP contribution < -0.4 is 21.8 Å². The Hall–Kier alpha value is -3.12. The number of benzene rings is 1. The number of aromatic carboxylic acids is 1. The van der Waals surface area contributed by atoms with Crippen molar-refractivity contribution in [2.75, 3.05) is 23.7 Å². The van der Waals surface area contributed by atoms with Crippen LogP contribution in [0.1, 0.15) is 40.3 Å². The maximum absolute atomic E-state index is 15.8. The normalized spacial score (nSPS) is 23.3. The van der Waals surface area contributed by atoms with Gasteiger partial charge < -0.3 is 26.0 Å². The van der Waals surface area contributed by atoms with Gasteiger partial charge in [0.1, 0.15) is 22.4 Å². The van der Waals surface area contributed by atoms with Crippen molar-refractivity contribution in [2.45, 2.75) is 31.1 Å². The van der Waals surface area contributed by atoms with E-state index in [9.17, 15) is 19.1 Å². The van der Waals surface area contributed by atoms with Crippen LogP contribution in [0.3, 0.4) is 0 Å². The highest BCUT2D eigenvalue weighted by atomic mass is 32.1. The molecule has 1 aliphatic carbocycles. The molecular weight excluding hydrogens is 459 g/mol.